The lowest BCUT2D eigenvalue weighted by molar-refractivity contribution is -0.142. The SMILES string of the molecule is C[C@@H](Oc1cc(F)ccc1Nc1ncnc2cc(Br)cc(F)c12)C(=O)NCC(F)(F)F. The first-order valence-corrected chi connectivity index (χ1v) is 9.50. The second-order valence-corrected chi connectivity index (χ2v) is 7.28. The van der Waals surface area contributed by atoms with Crippen molar-refractivity contribution in [3.05, 3.63) is 52.8 Å². The van der Waals surface area contributed by atoms with Gasteiger partial charge in [-0.05, 0) is 31.2 Å². The zero-order chi connectivity index (χ0) is 22.8. The van der Waals surface area contributed by atoms with Crippen molar-refractivity contribution < 1.29 is 31.5 Å². The Kier molecular flexibility index (Phi) is 6.58. The number of nitrogens with one attached hydrogen (secondary N) is 2. The van der Waals surface area contributed by atoms with Gasteiger partial charge in [0, 0.05) is 10.5 Å². The van der Waals surface area contributed by atoms with Crippen LogP contribution in [-0.4, -0.2) is 34.7 Å². The standard InChI is InChI=1S/C19H14BrF5N4O2/c1-9(18(30)26-7-19(23,24)25)31-15-6-11(21)2-3-13(15)29-17-16-12(22)4-10(20)5-14(16)27-8-28-17/h2-6,8-9H,7H2,1H3,(H,26,30)(H,27,28,29)/t9-/m1/s1. The summed E-state index contributed by atoms with van der Waals surface area (Å²) in [7, 11) is 0. The lowest BCUT2D eigenvalue weighted by atomic mass is 10.2. The Morgan fingerprint density at radius 1 is 1.19 bits per heavy atom. The van der Waals surface area contributed by atoms with Crippen LogP contribution in [0.1, 0.15) is 6.92 Å². The summed E-state index contributed by atoms with van der Waals surface area (Å²) in [6.45, 7) is -0.326. The Balaban J connectivity index is 1.88. The molecule has 0 unspecified atom stereocenters. The molecule has 6 nitrogen and oxygen atoms in total. The van der Waals surface area contributed by atoms with Gasteiger partial charge in [-0.3, -0.25) is 4.79 Å². The Hall–Kier alpha value is -3.02. The van der Waals surface area contributed by atoms with Crippen LogP contribution < -0.4 is 15.4 Å². The number of rotatable bonds is 6. The molecule has 3 rings (SSSR count). The van der Waals surface area contributed by atoms with Crippen LogP contribution in [0.4, 0.5) is 33.5 Å². The average Bonchev–Trinajstić information content (AvgIpc) is 2.67. The summed E-state index contributed by atoms with van der Waals surface area (Å²) in [5, 5.41) is 4.53. The molecule has 1 heterocycles. The van der Waals surface area contributed by atoms with Crippen LogP contribution >= 0.6 is 15.9 Å². The third kappa shape index (κ3) is 5.78. The molecule has 0 bridgehead atoms. The van der Waals surface area contributed by atoms with E-state index < -0.39 is 36.4 Å². The third-order valence-corrected chi connectivity index (χ3v) is 4.45. The van der Waals surface area contributed by atoms with Crippen molar-refractivity contribution in [1.82, 2.24) is 15.3 Å². The van der Waals surface area contributed by atoms with E-state index in [0.717, 1.165) is 12.1 Å². The monoisotopic (exact) mass is 504 g/mol. The largest absolute Gasteiger partial charge is 0.479 e. The number of carbonyl (C=O) groups is 1. The van der Waals surface area contributed by atoms with Gasteiger partial charge in [0.05, 0.1) is 16.6 Å². The fraction of sp³-hybridized carbons (Fsp3) is 0.211. The molecule has 0 aliphatic rings. The first-order valence-electron chi connectivity index (χ1n) is 8.71. The van der Waals surface area contributed by atoms with Gasteiger partial charge in [0.15, 0.2) is 6.10 Å². The Morgan fingerprint density at radius 2 is 1.94 bits per heavy atom. The number of benzene rings is 2. The van der Waals surface area contributed by atoms with E-state index >= 15 is 0 Å². The summed E-state index contributed by atoms with van der Waals surface area (Å²) in [5.74, 6) is -2.53. The van der Waals surface area contributed by atoms with Crippen LogP contribution in [0.25, 0.3) is 10.9 Å². The lowest BCUT2D eigenvalue weighted by Crippen LogP contribution is -2.41. The quantitative estimate of drug-likeness (QED) is 0.469. The third-order valence-electron chi connectivity index (χ3n) is 3.99. The molecule has 0 aliphatic carbocycles. The van der Waals surface area contributed by atoms with E-state index in [9.17, 15) is 26.7 Å². The number of fused-ring (bicyclic) bond motifs is 1. The molecule has 0 aliphatic heterocycles. The minimum atomic E-state index is -4.59. The van der Waals surface area contributed by atoms with Crippen molar-refractivity contribution >= 4 is 44.2 Å². The van der Waals surface area contributed by atoms with Gasteiger partial charge in [-0.15, -0.1) is 0 Å². The molecule has 1 amide bonds. The highest BCUT2D eigenvalue weighted by atomic mass is 79.9. The van der Waals surface area contributed by atoms with E-state index in [4.69, 9.17) is 4.74 Å². The summed E-state index contributed by atoms with van der Waals surface area (Å²) >= 11 is 3.17. The zero-order valence-electron chi connectivity index (χ0n) is 15.7. The number of anilines is 2. The van der Waals surface area contributed by atoms with Gasteiger partial charge >= 0.3 is 6.18 Å². The normalized spacial score (nSPS) is 12.5. The number of aromatic nitrogens is 2. The molecule has 2 N–H and O–H groups in total. The van der Waals surface area contributed by atoms with Crippen LogP contribution in [0, 0.1) is 11.6 Å². The number of nitrogens with zero attached hydrogens (tertiary/aromatic N) is 2. The van der Waals surface area contributed by atoms with Gasteiger partial charge in [0.1, 0.15) is 36.1 Å². The van der Waals surface area contributed by atoms with Crippen LogP contribution in [0.5, 0.6) is 5.75 Å². The van der Waals surface area contributed by atoms with Gasteiger partial charge in [-0.25, -0.2) is 18.7 Å². The Labute approximate surface area is 181 Å². The number of carbonyl (C=O) groups excluding carboxylic acids is 1. The van der Waals surface area contributed by atoms with E-state index in [1.807, 2.05) is 0 Å². The number of halogens is 6. The van der Waals surface area contributed by atoms with Crippen LogP contribution in [0.3, 0.4) is 0 Å². The molecule has 0 saturated heterocycles. The van der Waals surface area contributed by atoms with E-state index in [2.05, 4.69) is 31.2 Å². The summed E-state index contributed by atoms with van der Waals surface area (Å²) in [6.07, 6.45) is -4.78. The first-order chi connectivity index (χ1) is 14.5. The molecule has 0 spiro atoms. The number of ether oxygens (including phenoxy) is 1. The summed E-state index contributed by atoms with van der Waals surface area (Å²) in [4.78, 5) is 19.9. The fourth-order valence-electron chi connectivity index (χ4n) is 2.60. The smallest absolute Gasteiger partial charge is 0.405 e. The zero-order valence-corrected chi connectivity index (χ0v) is 17.3. The molecule has 1 atom stereocenters. The van der Waals surface area contributed by atoms with E-state index in [1.54, 1.807) is 11.4 Å². The molecule has 164 valence electrons. The minimum absolute atomic E-state index is 0.0423. The van der Waals surface area contributed by atoms with Crippen LogP contribution in [-0.2, 0) is 4.79 Å². The number of hydrogen-bond donors (Lipinski definition) is 2. The predicted octanol–water partition coefficient (Wildman–Crippen LogP) is 4.86. The first kappa shape index (κ1) is 22.7. The van der Waals surface area contributed by atoms with E-state index in [1.165, 1.54) is 25.4 Å². The second-order valence-electron chi connectivity index (χ2n) is 6.36. The highest BCUT2D eigenvalue weighted by molar-refractivity contribution is 9.10. The summed E-state index contributed by atoms with van der Waals surface area (Å²) < 4.78 is 70.9. The molecule has 31 heavy (non-hydrogen) atoms. The highest BCUT2D eigenvalue weighted by Crippen LogP contribution is 2.33. The van der Waals surface area contributed by atoms with Crippen molar-refractivity contribution in [2.24, 2.45) is 0 Å². The predicted molar refractivity (Wildman–Crippen MR) is 106 cm³/mol. The van der Waals surface area contributed by atoms with Crippen LogP contribution in [0.2, 0.25) is 0 Å². The van der Waals surface area contributed by atoms with Gasteiger partial charge in [-0.2, -0.15) is 13.2 Å². The van der Waals surface area contributed by atoms with Gasteiger partial charge in [0.25, 0.3) is 5.91 Å². The second kappa shape index (κ2) is 9.00. The molecule has 0 fully saturated rings. The lowest BCUT2D eigenvalue weighted by Gasteiger charge is -2.19. The fourth-order valence-corrected chi connectivity index (χ4v) is 3.02. The molecular weight excluding hydrogens is 491 g/mol. The Bertz CT molecular complexity index is 1130. The molecule has 0 radical (unpaired) electrons. The van der Waals surface area contributed by atoms with Gasteiger partial charge in [0.2, 0.25) is 0 Å². The molecular formula is C19H14BrF5N4O2. The molecule has 3 aromatic rings. The number of amides is 1. The molecule has 0 saturated carbocycles. The highest BCUT2D eigenvalue weighted by Gasteiger charge is 2.29. The van der Waals surface area contributed by atoms with Gasteiger partial charge < -0.3 is 15.4 Å². The topological polar surface area (TPSA) is 76.1 Å². The van der Waals surface area contributed by atoms with E-state index in [0.29, 0.717) is 4.47 Å². The van der Waals surface area contributed by atoms with Crippen molar-refractivity contribution in [3.8, 4) is 5.75 Å². The number of alkyl halides is 3. The molecule has 2 aromatic carbocycles. The average molecular weight is 505 g/mol. The van der Waals surface area contributed by atoms with E-state index in [-0.39, 0.29) is 28.2 Å². The maximum atomic E-state index is 14.5. The molecule has 1 aromatic heterocycles. The van der Waals surface area contributed by atoms with Crippen molar-refractivity contribution in [1.29, 1.82) is 0 Å². The van der Waals surface area contributed by atoms with Crippen molar-refractivity contribution in [2.45, 2.75) is 19.2 Å². The molecule has 12 heteroatoms. The summed E-state index contributed by atoms with van der Waals surface area (Å²) in [5.41, 5.74) is 0.396. The van der Waals surface area contributed by atoms with Gasteiger partial charge in [-0.1, -0.05) is 15.9 Å². The maximum Gasteiger partial charge on any atom is 0.405 e. The summed E-state index contributed by atoms with van der Waals surface area (Å²) in [6, 6.07) is 6.06. The number of hydrogen-bond acceptors (Lipinski definition) is 5. The van der Waals surface area contributed by atoms with Crippen LogP contribution in [0.15, 0.2) is 41.1 Å². The van der Waals surface area contributed by atoms with Crippen molar-refractivity contribution in [3.63, 3.8) is 0 Å². The van der Waals surface area contributed by atoms with Crippen molar-refractivity contribution in [2.75, 3.05) is 11.9 Å². The maximum absolute atomic E-state index is 14.5. The Morgan fingerprint density at radius 3 is 2.65 bits per heavy atom. The minimum Gasteiger partial charge on any atom is -0.479 e.